The van der Waals surface area contributed by atoms with E-state index in [1.807, 2.05) is 6.92 Å². The average molecular weight is 298 g/mol. The predicted molar refractivity (Wildman–Crippen MR) is 70.7 cm³/mol. The van der Waals surface area contributed by atoms with Gasteiger partial charge in [-0.25, -0.2) is 0 Å². The molecule has 1 heterocycles. The summed E-state index contributed by atoms with van der Waals surface area (Å²) in [4.78, 5) is 14.2. The summed E-state index contributed by atoms with van der Waals surface area (Å²) in [5, 5.41) is 14.4. The molecular weight excluding hydrogens is 286 g/mol. The molecule has 0 amide bonds. The lowest BCUT2D eigenvalue weighted by Gasteiger charge is -2.03. The first kappa shape index (κ1) is 14.3. The molecule has 0 N–H and O–H groups in total. The number of nitrogens with zero attached hydrogens (tertiary/aromatic N) is 3. The van der Waals surface area contributed by atoms with Gasteiger partial charge in [-0.05, 0) is 12.5 Å². The maximum absolute atomic E-state index is 10.6. The summed E-state index contributed by atoms with van der Waals surface area (Å²) in [7, 11) is 0. The van der Waals surface area contributed by atoms with Crippen molar-refractivity contribution >= 4 is 17.3 Å². The zero-order chi connectivity index (χ0) is 14.5. The van der Waals surface area contributed by atoms with E-state index in [4.69, 9.17) is 20.9 Å². The van der Waals surface area contributed by atoms with E-state index in [-0.39, 0.29) is 17.3 Å². The molecule has 1 aromatic carbocycles. The molecule has 0 saturated heterocycles. The molecule has 20 heavy (non-hydrogen) atoms. The Balaban J connectivity index is 1.99. The van der Waals surface area contributed by atoms with Crippen LogP contribution in [0.4, 0.5) is 5.69 Å². The van der Waals surface area contributed by atoms with Gasteiger partial charge in [-0.15, -0.1) is 0 Å². The normalized spacial score (nSPS) is 10.5. The van der Waals surface area contributed by atoms with Gasteiger partial charge in [-0.2, -0.15) is 4.98 Å². The fourth-order valence-corrected chi connectivity index (χ4v) is 1.78. The van der Waals surface area contributed by atoms with E-state index in [2.05, 4.69) is 10.1 Å². The molecule has 0 aliphatic heterocycles. The summed E-state index contributed by atoms with van der Waals surface area (Å²) in [5.41, 5.74) is -0.165. The van der Waals surface area contributed by atoms with Crippen molar-refractivity contribution in [3.8, 4) is 5.75 Å². The third kappa shape index (κ3) is 3.45. The molecule has 0 aliphatic rings. The van der Waals surface area contributed by atoms with E-state index in [0.717, 1.165) is 12.8 Å². The third-order valence-electron chi connectivity index (χ3n) is 2.46. The zero-order valence-electron chi connectivity index (χ0n) is 10.7. The number of nitro groups is 1. The van der Waals surface area contributed by atoms with Crippen molar-refractivity contribution < 1.29 is 14.2 Å². The molecule has 0 bridgehead atoms. The summed E-state index contributed by atoms with van der Waals surface area (Å²) >= 11 is 5.78. The van der Waals surface area contributed by atoms with Crippen LogP contribution >= 0.6 is 11.6 Å². The molecule has 0 saturated carbocycles. The SMILES string of the molecule is CCCc1noc(COc2ccc([N+](=O)[O-])c(Cl)c2)n1. The molecule has 0 fully saturated rings. The summed E-state index contributed by atoms with van der Waals surface area (Å²) in [6, 6.07) is 4.13. The van der Waals surface area contributed by atoms with E-state index < -0.39 is 4.92 Å². The van der Waals surface area contributed by atoms with E-state index in [9.17, 15) is 10.1 Å². The standard InChI is InChI=1S/C12H12ClN3O4/c1-2-3-11-14-12(20-15-11)7-19-8-4-5-10(16(17)18)9(13)6-8/h4-6H,2-3,7H2,1H3. The second kappa shape index (κ2) is 6.33. The molecule has 0 atom stereocenters. The molecule has 7 nitrogen and oxygen atoms in total. The van der Waals surface area contributed by atoms with E-state index in [1.165, 1.54) is 18.2 Å². The van der Waals surface area contributed by atoms with Crippen molar-refractivity contribution in [3.05, 3.63) is 45.1 Å². The number of hydrogen-bond acceptors (Lipinski definition) is 6. The van der Waals surface area contributed by atoms with Crippen molar-refractivity contribution in [1.29, 1.82) is 0 Å². The second-order valence-electron chi connectivity index (χ2n) is 4.01. The molecule has 2 aromatic rings. The molecule has 2 rings (SSSR count). The van der Waals surface area contributed by atoms with E-state index in [1.54, 1.807) is 0 Å². The highest BCUT2D eigenvalue weighted by atomic mass is 35.5. The summed E-state index contributed by atoms with van der Waals surface area (Å²) in [6.07, 6.45) is 1.67. The smallest absolute Gasteiger partial charge is 0.288 e. The van der Waals surface area contributed by atoms with Gasteiger partial charge in [0.15, 0.2) is 12.4 Å². The van der Waals surface area contributed by atoms with Gasteiger partial charge >= 0.3 is 0 Å². The Bertz CT molecular complexity index is 614. The number of nitro benzene ring substituents is 1. The van der Waals surface area contributed by atoms with Crippen LogP contribution in [0.15, 0.2) is 22.7 Å². The topological polar surface area (TPSA) is 91.3 Å². The van der Waals surface area contributed by atoms with Crippen molar-refractivity contribution in [1.82, 2.24) is 10.1 Å². The highest BCUT2D eigenvalue weighted by molar-refractivity contribution is 6.32. The highest BCUT2D eigenvalue weighted by Gasteiger charge is 2.13. The quantitative estimate of drug-likeness (QED) is 0.600. The Kier molecular flexibility index (Phi) is 4.52. The van der Waals surface area contributed by atoms with Gasteiger partial charge in [-0.3, -0.25) is 10.1 Å². The molecule has 1 aromatic heterocycles. The van der Waals surface area contributed by atoms with Crippen molar-refractivity contribution in [2.45, 2.75) is 26.4 Å². The third-order valence-corrected chi connectivity index (χ3v) is 2.76. The first-order chi connectivity index (χ1) is 9.60. The lowest BCUT2D eigenvalue weighted by atomic mass is 10.3. The van der Waals surface area contributed by atoms with Crippen molar-refractivity contribution in [3.63, 3.8) is 0 Å². The van der Waals surface area contributed by atoms with Gasteiger partial charge in [0.05, 0.1) is 4.92 Å². The number of aryl methyl sites for hydroxylation is 1. The molecule has 106 valence electrons. The van der Waals surface area contributed by atoms with E-state index in [0.29, 0.717) is 17.5 Å². The Hall–Kier alpha value is -2.15. The fraction of sp³-hybridized carbons (Fsp3) is 0.333. The molecule has 0 unspecified atom stereocenters. The largest absolute Gasteiger partial charge is 0.484 e. The maximum atomic E-state index is 10.6. The van der Waals surface area contributed by atoms with Gasteiger partial charge in [0.2, 0.25) is 0 Å². The Morgan fingerprint density at radius 3 is 2.95 bits per heavy atom. The minimum Gasteiger partial charge on any atom is -0.484 e. The molecular formula is C12H12ClN3O4. The molecule has 0 aliphatic carbocycles. The average Bonchev–Trinajstić information content (AvgIpc) is 2.84. The van der Waals surface area contributed by atoms with Gasteiger partial charge in [0.1, 0.15) is 10.8 Å². The molecule has 8 heteroatoms. The first-order valence-electron chi connectivity index (χ1n) is 5.98. The fourth-order valence-electron chi connectivity index (χ4n) is 1.54. The summed E-state index contributed by atoms with van der Waals surface area (Å²) in [6.45, 7) is 2.11. The number of halogens is 1. The second-order valence-corrected chi connectivity index (χ2v) is 4.42. The van der Waals surface area contributed by atoms with Gasteiger partial charge in [0.25, 0.3) is 11.6 Å². The molecule has 0 spiro atoms. The van der Waals surface area contributed by atoms with Crippen LogP contribution in [-0.2, 0) is 13.0 Å². The monoisotopic (exact) mass is 297 g/mol. The van der Waals surface area contributed by atoms with Crippen LogP contribution in [0.5, 0.6) is 5.75 Å². The highest BCUT2D eigenvalue weighted by Crippen LogP contribution is 2.28. The summed E-state index contributed by atoms with van der Waals surface area (Å²) in [5.74, 6) is 1.38. The van der Waals surface area contributed by atoms with Crippen LogP contribution in [0.25, 0.3) is 0 Å². The number of benzene rings is 1. The van der Waals surface area contributed by atoms with Gasteiger partial charge in [0, 0.05) is 18.6 Å². The Morgan fingerprint density at radius 2 is 2.30 bits per heavy atom. The lowest BCUT2D eigenvalue weighted by Crippen LogP contribution is -1.97. The minimum absolute atomic E-state index is 0.0182. The van der Waals surface area contributed by atoms with Crippen LogP contribution in [-0.4, -0.2) is 15.1 Å². The maximum Gasteiger partial charge on any atom is 0.288 e. The van der Waals surface area contributed by atoms with Crippen LogP contribution < -0.4 is 4.74 Å². The van der Waals surface area contributed by atoms with Crippen molar-refractivity contribution in [2.24, 2.45) is 0 Å². The van der Waals surface area contributed by atoms with Gasteiger partial charge < -0.3 is 9.26 Å². The van der Waals surface area contributed by atoms with E-state index >= 15 is 0 Å². The van der Waals surface area contributed by atoms with Gasteiger partial charge in [-0.1, -0.05) is 23.7 Å². The number of hydrogen-bond donors (Lipinski definition) is 0. The lowest BCUT2D eigenvalue weighted by molar-refractivity contribution is -0.384. The van der Waals surface area contributed by atoms with Crippen LogP contribution in [0.2, 0.25) is 5.02 Å². The minimum atomic E-state index is -0.554. The number of ether oxygens (including phenoxy) is 1. The Labute approximate surface area is 119 Å². The number of aromatic nitrogens is 2. The predicted octanol–water partition coefficient (Wildman–Crippen LogP) is 3.16. The zero-order valence-corrected chi connectivity index (χ0v) is 11.5. The van der Waals surface area contributed by atoms with Crippen LogP contribution in [0.1, 0.15) is 25.1 Å². The first-order valence-corrected chi connectivity index (χ1v) is 6.36. The van der Waals surface area contributed by atoms with Crippen LogP contribution in [0.3, 0.4) is 0 Å². The number of rotatable bonds is 6. The summed E-state index contributed by atoms with van der Waals surface area (Å²) < 4.78 is 10.4. The van der Waals surface area contributed by atoms with Crippen molar-refractivity contribution in [2.75, 3.05) is 0 Å². The Morgan fingerprint density at radius 1 is 1.50 bits per heavy atom. The molecule has 0 radical (unpaired) electrons. The van der Waals surface area contributed by atoms with Crippen LogP contribution in [0, 0.1) is 10.1 Å².